The summed E-state index contributed by atoms with van der Waals surface area (Å²) in [5.41, 5.74) is 5.58. The summed E-state index contributed by atoms with van der Waals surface area (Å²) >= 11 is 0. The molecular weight excluding hydrogens is 136 g/mol. The Balaban J connectivity index is 2.18. The molecule has 2 nitrogen and oxygen atoms in total. The summed E-state index contributed by atoms with van der Waals surface area (Å²) in [7, 11) is 0. The summed E-state index contributed by atoms with van der Waals surface area (Å²) in [5.74, 6) is 1.68. The molecule has 0 aliphatic carbocycles. The van der Waals surface area contributed by atoms with Crippen molar-refractivity contribution >= 4 is 5.84 Å². The maximum Gasteiger partial charge on any atom is 0.0937 e. The van der Waals surface area contributed by atoms with Gasteiger partial charge in [-0.25, -0.2) is 0 Å². The second-order valence-electron chi connectivity index (χ2n) is 3.38. The Morgan fingerprint density at radius 1 is 1.64 bits per heavy atom. The van der Waals surface area contributed by atoms with Crippen molar-refractivity contribution in [3.63, 3.8) is 0 Å². The van der Waals surface area contributed by atoms with E-state index < -0.39 is 0 Å². The van der Waals surface area contributed by atoms with E-state index in [9.17, 15) is 0 Å². The molecule has 1 aliphatic rings. The van der Waals surface area contributed by atoms with E-state index in [1.54, 1.807) is 0 Å². The second-order valence-corrected chi connectivity index (χ2v) is 3.38. The van der Waals surface area contributed by atoms with Crippen molar-refractivity contribution < 1.29 is 0 Å². The Morgan fingerprint density at radius 3 is 3.00 bits per heavy atom. The highest BCUT2D eigenvalue weighted by Crippen LogP contribution is 2.18. The van der Waals surface area contributed by atoms with Gasteiger partial charge in [0.25, 0.3) is 0 Å². The highest BCUT2D eigenvalue weighted by molar-refractivity contribution is 5.80. The van der Waals surface area contributed by atoms with Crippen LogP contribution in [-0.2, 0) is 0 Å². The van der Waals surface area contributed by atoms with Gasteiger partial charge in [0.05, 0.1) is 5.84 Å². The summed E-state index contributed by atoms with van der Waals surface area (Å²) in [4.78, 5) is 4.26. The van der Waals surface area contributed by atoms with Crippen molar-refractivity contribution in [3.05, 3.63) is 0 Å². The van der Waals surface area contributed by atoms with Crippen molar-refractivity contribution in [1.82, 2.24) is 0 Å². The summed E-state index contributed by atoms with van der Waals surface area (Å²) in [6.07, 6.45) is 6.27. The Bertz CT molecular complexity index is 140. The normalized spacial score (nSPS) is 24.8. The minimum atomic E-state index is 0.822. The Morgan fingerprint density at radius 2 is 2.45 bits per heavy atom. The number of hydrogen-bond acceptors (Lipinski definition) is 2. The molecule has 2 heteroatoms. The van der Waals surface area contributed by atoms with Gasteiger partial charge < -0.3 is 5.73 Å². The third-order valence-corrected chi connectivity index (χ3v) is 2.33. The van der Waals surface area contributed by atoms with Crippen LogP contribution >= 0.6 is 0 Å². The molecule has 64 valence electrons. The minimum absolute atomic E-state index is 0.822. The summed E-state index contributed by atoms with van der Waals surface area (Å²) in [5, 5.41) is 0. The number of amidine groups is 1. The number of hydrogen-bond donors (Lipinski definition) is 1. The molecular formula is C9H18N2. The smallest absolute Gasteiger partial charge is 0.0937 e. The second kappa shape index (κ2) is 4.37. The van der Waals surface area contributed by atoms with Crippen molar-refractivity contribution in [2.45, 2.75) is 39.0 Å². The van der Waals surface area contributed by atoms with E-state index in [2.05, 4.69) is 11.9 Å². The average molecular weight is 154 g/mol. The molecule has 0 fully saturated rings. The summed E-state index contributed by atoms with van der Waals surface area (Å²) in [6, 6.07) is 0. The average Bonchev–Trinajstić information content (AvgIpc) is 2.04. The third-order valence-electron chi connectivity index (χ3n) is 2.33. The van der Waals surface area contributed by atoms with Crippen LogP contribution in [0, 0.1) is 5.92 Å². The quantitative estimate of drug-likeness (QED) is 0.663. The van der Waals surface area contributed by atoms with E-state index in [-0.39, 0.29) is 0 Å². The first-order chi connectivity index (χ1) is 5.33. The van der Waals surface area contributed by atoms with Crippen LogP contribution in [0.4, 0.5) is 0 Å². The van der Waals surface area contributed by atoms with Gasteiger partial charge in [0.15, 0.2) is 0 Å². The van der Waals surface area contributed by atoms with Crippen LogP contribution in [0.3, 0.4) is 0 Å². The van der Waals surface area contributed by atoms with Gasteiger partial charge in [-0.1, -0.05) is 19.8 Å². The fourth-order valence-electron chi connectivity index (χ4n) is 1.50. The Labute approximate surface area is 68.9 Å². The Hall–Kier alpha value is -0.530. The van der Waals surface area contributed by atoms with E-state index in [4.69, 9.17) is 5.73 Å². The molecule has 1 unspecified atom stereocenters. The van der Waals surface area contributed by atoms with Crippen LogP contribution in [0.1, 0.15) is 39.0 Å². The van der Waals surface area contributed by atoms with Gasteiger partial charge in [0.2, 0.25) is 0 Å². The van der Waals surface area contributed by atoms with Gasteiger partial charge >= 0.3 is 0 Å². The van der Waals surface area contributed by atoms with E-state index in [1.165, 1.54) is 25.7 Å². The molecule has 11 heavy (non-hydrogen) atoms. The number of aliphatic imine (C=N–C) groups is 1. The van der Waals surface area contributed by atoms with Crippen molar-refractivity contribution in [1.29, 1.82) is 0 Å². The third kappa shape index (κ3) is 2.91. The van der Waals surface area contributed by atoms with Gasteiger partial charge in [0, 0.05) is 13.0 Å². The first-order valence-electron chi connectivity index (χ1n) is 4.61. The van der Waals surface area contributed by atoms with Gasteiger partial charge in [-0.05, 0) is 18.8 Å². The Kier molecular flexibility index (Phi) is 3.40. The van der Waals surface area contributed by atoms with Gasteiger partial charge in [-0.2, -0.15) is 0 Å². The molecule has 1 rings (SSSR count). The molecule has 0 bridgehead atoms. The van der Waals surface area contributed by atoms with Crippen molar-refractivity contribution in [2.24, 2.45) is 16.6 Å². The lowest BCUT2D eigenvalue weighted by atomic mass is 9.95. The molecule has 0 aromatic rings. The summed E-state index contributed by atoms with van der Waals surface area (Å²) in [6.45, 7) is 3.21. The lowest BCUT2D eigenvalue weighted by molar-refractivity contribution is 0.438. The van der Waals surface area contributed by atoms with E-state index in [0.29, 0.717) is 0 Å². The highest BCUT2D eigenvalue weighted by Gasteiger charge is 2.12. The first kappa shape index (κ1) is 8.57. The van der Waals surface area contributed by atoms with Crippen LogP contribution in [-0.4, -0.2) is 12.4 Å². The molecule has 0 aromatic carbocycles. The van der Waals surface area contributed by atoms with Gasteiger partial charge in [0.1, 0.15) is 0 Å². The fourth-order valence-corrected chi connectivity index (χ4v) is 1.50. The van der Waals surface area contributed by atoms with E-state index >= 15 is 0 Å². The molecule has 0 radical (unpaired) electrons. The van der Waals surface area contributed by atoms with Crippen LogP contribution in [0.15, 0.2) is 4.99 Å². The molecule has 0 saturated heterocycles. The SMILES string of the molecule is CCCCC1CCC(N)=NC1. The number of unbranched alkanes of at least 4 members (excludes halogenated alkanes) is 1. The van der Waals surface area contributed by atoms with Crippen molar-refractivity contribution in [2.75, 3.05) is 6.54 Å². The number of nitrogens with zero attached hydrogens (tertiary/aromatic N) is 1. The lowest BCUT2D eigenvalue weighted by Gasteiger charge is -2.18. The monoisotopic (exact) mass is 154 g/mol. The van der Waals surface area contributed by atoms with Gasteiger partial charge in [-0.3, -0.25) is 4.99 Å². The van der Waals surface area contributed by atoms with Gasteiger partial charge in [-0.15, -0.1) is 0 Å². The zero-order valence-corrected chi connectivity index (χ0v) is 7.34. The molecule has 1 aliphatic heterocycles. The molecule has 1 heterocycles. The standard InChI is InChI=1S/C9H18N2/c1-2-3-4-8-5-6-9(10)11-7-8/h8H,2-7H2,1H3,(H2,10,11). The van der Waals surface area contributed by atoms with Crippen LogP contribution in [0.25, 0.3) is 0 Å². The highest BCUT2D eigenvalue weighted by atomic mass is 14.9. The van der Waals surface area contributed by atoms with Crippen LogP contribution in [0.5, 0.6) is 0 Å². The topological polar surface area (TPSA) is 38.4 Å². The van der Waals surface area contributed by atoms with Crippen LogP contribution in [0.2, 0.25) is 0 Å². The first-order valence-corrected chi connectivity index (χ1v) is 4.61. The fraction of sp³-hybridized carbons (Fsp3) is 0.889. The molecule has 0 spiro atoms. The largest absolute Gasteiger partial charge is 0.387 e. The zero-order chi connectivity index (χ0) is 8.10. The van der Waals surface area contributed by atoms with E-state index in [1.807, 2.05) is 0 Å². The lowest BCUT2D eigenvalue weighted by Crippen LogP contribution is -2.21. The van der Waals surface area contributed by atoms with Crippen molar-refractivity contribution in [3.8, 4) is 0 Å². The molecule has 0 aromatic heterocycles. The zero-order valence-electron chi connectivity index (χ0n) is 7.34. The molecule has 0 saturated carbocycles. The minimum Gasteiger partial charge on any atom is -0.387 e. The molecule has 1 atom stereocenters. The maximum absolute atomic E-state index is 5.58. The maximum atomic E-state index is 5.58. The summed E-state index contributed by atoms with van der Waals surface area (Å²) < 4.78 is 0. The molecule has 2 N–H and O–H groups in total. The number of nitrogens with two attached hydrogens (primary N) is 1. The molecule has 0 amide bonds. The van der Waals surface area contributed by atoms with E-state index in [0.717, 1.165) is 24.7 Å². The van der Waals surface area contributed by atoms with Crippen LogP contribution < -0.4 is 5.73 Å². The predicted octanol–water partition coefficient (Wildman–Crippen LogP) is 1.94. The number of rotatable bonds is 3. The predicted molar refractivity (Wildman–Crippen MR) is 48.7 cm³/mol.